The molecule has 27 heavy (non-hydrogen) atoms. The maximum Gasteiger partial charge on any atom is 0.243 e. The minimum Gasteiger partial charge on any atom is -0.489 e. The van der Waals surface area contributed by atoms with Crippen LogP contribution in [-0.4, -0.2) is 59.6 Å². The van der Waals surface area contributed by atoms with E-state index in [-0.39, 0.29) is 24.0 Å². The van der Waals surface area contributed by atoms with Crippen molar-refractivity contribution in [2.24, 2.45) is 0 Å². The number of likely N-dealkylation sites (N-methyl/N-ethyl adjacent to an activating group) is 1. The molecule has 1 unspecified atom stereocenters. The second-order valence-electron chi connectivity index (χ2n) is 7.73. The molecule has 3 atom stereocenters. The highest BCUT2D eigenvalue weighted by Crippen LogP contribution is 2.31. The van der Waals surface area contributed by atoms with Crippen molar-refractivity contribution in [2.45, 2.75) is 57.6 Å². The number of piperidine rings is 2. The van der Waals surface area contributed by atoms with Gasteiger partial charge in [0.1, 0.15) is 18.0 Å². The second kappa shape index (κ2) is 7.56. The molecule has 0 spiro atoms. The standard InChI is InChI=1S/C20H26FN3O3/c1-2-23-11-15(21)8-17(12-23)27-16-4-3-13-9-24(10-14(13)7-16)18-5-6-19(25)22-20(18)26/h3-4,7,15,17-18H,2,5-6,8-12H2,1H3,(H,22,25,26)/t15-,17-,18?/m1/s1. The molecule has 3 heterocycles. The van der Waals surface area contributed by atoms with Crippen LogP contribution in [0, 0.1) is 0 Å². The third-order valence-corrected chi connectivity index (χ3v) is 5.76. The van der Waals surface area contributed by atoms with Gasteiger partial charge in [0.05, 0.1) is 6.04 Å². The molecule has 0 aliphatic carbocycles. The van der Waals surface area contributed by atoms with Gasteiger partial charge in [-0.05, 0) is 36.2 Å². The third-order valence-electron chi connectivity index (χ3n) is 5.76. The van der Waals surface area contributed by atoms with Crippen LogP contribution in [0.5, 0.6) is 5.75 Å². The van der Waals surface area contributed by atoms with Crippen molar-refractivity contribution in [1.82, 2.24) is 15.1 Å². The molecule has 1 aromatic carbocycles. The van der Waals surface area contributed by atoms with Crippen molar-refractivity contribution in [3.63, 3.8) is 0 Å². The Balaban J connectivity index is 1.41. The minimum atomic E-state index is -0.846. The molecule has 1 aromatic rings. The fourth-order valence-corrected chi connectivity index (χ4v) is 4.33. The van der Waals surface area contributed by atoms with E-state index in [1.54, 1.807) is 0 Å². The lowest BCUT2D eigenvalue weighted by molar-refractivity contribution is -0.137. The smallest absolute Gasteiger partial charge is 0.243 e. The summed E-state index contributed by atoms with van der Waals surface area (Å²) in [6.07, 6.45) is 0.392. The van der Waals surface area contributed by atoms with Gasteiger partial charge in [0.25, 0.3) is 0 Å². The second-order valence-corrected chi connectivity index (χ2v) is 7.73. The lowest BCUT2D eigenvalue weighted by Gasteiger charge is -2.34. The Morgan fingerprint density at radius 2 is 2.04 bits per heavy atom. The van der Waals surface area contributed by atoms with Crippen molar-refractivity contribution in [1.29, 1.82) is 0 Å². The molecule has 0 bridgehead atoms. The highest BCUT2D eigenvalue weighted by molar-refractivity contribution is 6.00. The van der Waals surface area contributed by atoms with Crippen LogP contribution in [0.1, 0.15) is 37.3 Å². The van der Waals surface area contributed by atoms with Gasteiger partial charge < -0.3 is 4.74 Å². The van der Waals surface area contributed by atoms with Gasteiger partial charge >= 0.3 is 0 Å². The predicted molar refractivity (Wildman–Crippen MR) is 97.9 cm³/mol. The topological polar surface area (TPSA) is 61.9 Å². The molecule has 7 heteroatoms. The van der Waals surface area contributed by atoms with Gasteiger partial charge in [-0.2, -0.15) is 0 Å². The monoisotopic (exact) mass is 375 g/mol. The Morgan fingerprint density at radius 3 is 2.81 bits per heavy atom. The number of likely N-dealkylation sites (tertiary alicyclic amines) is 1. The Kier molecular flexibility index (Phi) is 5.14. The number of fused-ring (bicyclic) bond motifs is 1. The van der Waals surface area contributed by atoms with Gasteiger partial charge in [0, 0.05) is 39.0 Å². The maximum absolute atomic E-state index is 13.9. The van der Waals surface area contributed by atoms with E-state index in [9.17, 15) is 14.0 Å². The van der Waals surface area contributed by atoms with Gasteiger partial charge in [-0.3, -0.25) is 24.7 Å². The van der Waals surface area contributed by atoms with Crippen molar-refractivity contribution in [2.75, 3.05) is 19.6 Å². The molecule has 3 aliphatic heterocycles. The summed E-state index contributed by atoms with van der Waals surface area (Å²) >= 11 is 0. The number of halogens is 1. The van der Waals surface area contributed by atoms with Gasteiger partial charge in [0.15, 0.2) is 0 Å². The first-order valence-electron chi connectivity index (χ1n) is 9.74. The Morgan fingerprint density at radius 1 is 1.22 bits per heavy atom. The predicted octanol–water partition coefficient (Wildman–Crippen LogP) is 1.62. The summed E-state index contributed by atoms with van der Waals surface area (Å²) in [5.41, 5.74) is 2.31. The molecule has 146 valence electrons. The third kappa shape index (κ3) is 3.99. The zero-order chi connectivity index (χ0) is 19.0. The van der Waals surface area contributed by atoms with E-state index in [1.165, 1.54) is 5.56 Å². The number of nitrogens with zero attached hydrogens (tertiary/aromatic N) is 2. The maximum atomic E-state index is 13.9. The zero-order valence-corrected chi connectivity index (χ0v) is 15.6. The first kappa shape index (κ1) is 18.4. The molecule has 3 aliphatic rings. The summed E-state index contributed by atoms with van der Waals surface area (Å²) in [5, 5.41) is 2.43. The van der Waals surface area contributed by atoms with Crippen LogP contribution in [0.15, 0.2) is 18.2 Å². The highest BCUT2D eigenvalue weighted by atomic mass is 19.1. The summed E-state index contributed by atoms with van der Waals surface area (Å²) in [5.74, 6) is 0.365. The first-order chi connectivity index (χ1) is 13.0. The van der Waals surface area contributed by atoms with E-state index in [2.05, 4.69) is 15.1 Å². The Hall–Kier alpha value is -1.99. The number of nitrogens with one attached hydrogen (secondary N) is 1. The van der Waals surface area contributed by atoms with Gasteiger partial charge in [-0.1, -0.05) is 13.0 Å². The molecular weight excluding hydrogens is 349 g/mol. The minimum absolute atomic E-state index is 0.139. The van der Waals surface area contributed by atoms with Gasteiger partial charge in [-0.25, -0.2) is 4.39 Å². The van der Waals surface area contributed by atoms with Crippen LogP contribution in [0.25, 0.3) is 0 Å². The largest absolute Gasteiger partial charge is 0.489 e. The van der Waals surface area contributed by atoms with Crippen LogP contribution in [0.4, 0.5) is 4.39 Å². The van der Waals surface area contributed by atoms with Gasteiger partial charge in [-0.15, -0.1) is 0 Å². The molecule has 6 nitrogen and oxygen atoms in total. The summed E-state index contributed by atoms with van der Waals surface area (Å²) in [6.45, 7) is 5.45. The Labute approximate surface area is 158 Å². The van der Waals surface area contributed by atoms with Crippen LogP contribution >= 0.6 is 0 Å². The van der Waals surface area contributed by atoms with E-state index >= 15 is 0 Å². The highest BCUT2D eigenvalue weighted by Gasteiger charge is 2.35. The number of rotatable bonds is 4. The average Bonchev–Trinajstić information content (AvgIpc) is 3.04. The van der Waals surface area contributed by atoms with Crippen LogP contribution in [0.2, 0.25) is 0 Å². The fraction of sp³-hybridized carbons (Fsp3) is 0.600. The molecule has 1 N–H and O–H groups in total. The van der Waals surface area contributed by atoms with E-state index in [1.807, 2.05) is 25.1 Å². The van der Waals surface area contributed by atoms with Crippen LogP contribution < -0.4 is 10.1 Å². The van der Waals surface area contributed by atoms with Crippen molar-refractivity contribution < 1.29 is 18.7 Å². The Bertz CT molecular complexity index is 741. The van der Waals surface area contributed by atoms with E-state index in [0.717, 1.165) is 24.4 Å². The van der Waals surface area contributed by atoms with Crippen molar-refractivity contribution >= 4 is 11.8 Å². The number of hydrogen-bond donors (Lipinski definition) is 1. The summed E-state index contributed by atoms with van der Waals surface area (Å²) in [4.78, 5) is 27.7. The number of carbonyl (C=O) groups is 2. The van der Waals surface area contributed by atoms with Crippen LogP contribution in [0.3, 0.4) is 0 Å². The molecule has 4 rings (SSSR count). The quantitative estimate of drug-likeness (QED) is 0.811. The normalized spacial score (nSPS) is 29.5. The summed E-state index contributed by atoms with van der Waals surface area (Å²) in [6, 6.07) is 5.72. The molecule has 2 fully saturated rings. The first-order valence-corrected chi connectivity index (χ1v) is 9.74. The van der Waals surface area contributed by atoms with Gasteiger partial charge in [0.2, 0.25) is 11.8 Å². The van der Waals surface area contributed by atoms with E-state index < -0.39 is 6.17 Å². The number of ether oxygens (including phenoxy) is 1. The van der Waals surface area contributed by atoms with E-state index in [0.29, 0.717) is 38.9 Å². The molecule has 0 radical (unpaired) electrons. The fourth-order valence-electron chi connectivity index (χ4n) is 4.33. The molecular formula is C20H26FN3O3. The SMILES string of the molecule is CCN1C[C@H](F)C[C@@H](Oc2ccc3c(c2)CN(C2CCC(=O)NC2=O)C3)C1. The number of imide groups is 1. The lowest BCUT2D eigenvalue weighted by Crippen LogP contribution is -2.50. The molecule has 0 saturated carbocycles. The molecule has 0 aromatic heterocycles. The summed E-state index contributed by atoms with van der Waals surface area (Å²) < 4.78 is 20.0. The number of alkyl halides is 1. The number of hydrogen-bond acceptors (Lipinski definition) is 5. The zero-order valence-electron chi connectivity index (χ0n) is 15.6. The number of carbonyl (C=O) groups excluding carboxylic acids is 2. The van der Waals surface area contributed by atoms with E-state index in [4.69, 9.17) is 4.74 Å². The lowest BCUT2D eigenvalue weighted by atomic mass is 10.0. The average molecular weight is 375 g/mol. The van der Waals surface area contributed by atoms with Crippen molar-refractivity contribution in [3.05, 3.63) is 29.3 Å². The molecule has 2 saturated heterocycles. The number of amides is 2. The summed E-state index contributed by atoms with van der Waals surface area (Å²) in [7, 11) is 0. The molecule has 2 amide bonds. The van der Waals surface area contributed by atoms with Crippen molar-refractivity contribution in [3.8, 4) is 5.75 Å². The van der Waals surface area contributed by atoms with Crippen LogP contribution in [-0.2, 0) is 22.7 Å². The number of benzene rings is 1.